The number of piperazine rings is 1. The van der Waals surface area contributed by atoms with E-state index >= 15 is 0 Å². The lowest BCUT2D eigenvalue weighted by molar-refractivity contribution is -0.0715. The summed E-state index contributed by atoms with van der Waals surface area (Å²) < 4.78 is 12.3. The van der Waals surface area contributed by atoms with Gasteiger partial charge in [-0.25, -0.2) is 0 Å². The van der Waals surface area contributed by atoms with Crippen molar-refractivity contribution in [2.75, 3.05) is 31.1 Å². The summed E-state index contributed by atoms with van der Waals surface area (Å²) in [7, 11) is 0. The molecule has 1 fully saturated rings. The molecule has 1 saturated heterocycles. The molecule has 6 heteroatoms. The lowest BCUT2D eigenvalue weighted by atomic mass is 10.2. The summed E-state index contributed by atoms with van der Waals surface area (Å²) in [4.78, 5) is 6.67. The van der Waals surface area contributed by atoms with Gasteiger partial charge in [-0.3, -0.25) is 4.98 Å². The van der Waals surface area contributed by atoms with Crippen LogP contribution in [0.2, 0.25) is 5.02 Å². The first-order valence-corrected chi connectivity index (χ1v) is 8.12. The van der Waals surface area contributed by atoms with E-state index in [0.717, 1.165) is 43.4 Å². The zero-order valence-corrected chi connectivity index (χ0v) is 13.6. The van der Waals surface area contributed by atoms with Crippen LogP contribution in [0.3, 0.4) is 0 Å². The van der Waals surface area contributed by atoms with Gasteiger partial charge in [0.15, 0.2) is 11.5 Å². The third kappa shape index (κ3) is 2.60. The molecule has 23 heavy (non-hydrogen) atoms. The number of aromatic nitrogens is 1. The molecule has 3 heterocycles. The first-order valence-electron chi connectivity index (χ1n) is 7.74. The molecule has 2 aliphatic heterocycles. The molecule has 2 aromatic rings. The summed E-state index contributed by atoms with van der Waals surface area (Å²) in [6.45, 7) is 5.73. The number of hydrogen-bond acceptors (Lipinski definition) is 5. The fourth-order valence-electron chi connectivity index (χ4n) is 3.02. The van der Waals surface area contributed by atoms with Gasteiger partial charge in [-0.15, -0.1) is 0 Å². The van der Waals surface area contributed by atoms with Gasteiger partial charge < -0.3 is 19.7 Å². The SMILES string of the molecule is C[C@@]1(c2ccc(Cl)cn2)Oc2cccc(N3CCNCC3)c2O1. The predicted molar refractivity (Wildman–Crippen MR) is 89.4 cm³/mol. The summed E-state index contributed by atoms with van der Waals surface area (Å²) >= 11 is 5.92. The standard InChI is InChI=1S/C17H18ClN3O2/c1-17(15-6-5-12(18)11-20-15)22-14-4-2-3-13(16(14)23-17)21-9-7-19-8-10-21/h2-6,11,19H,7-10H2,1H3/t17-/m1/s1. The molecule has 5 nitrogen and oxygen atoms in total. The molecule has 0 amide bonds. The number of rotatable bonds is 2. The number of anilines is 1. The molecule has 1 N–H and O–H groups in total. The van der Waals surface area contributed by atoms with Gasteiger partial charge in [-0.2, -0.15) is 0 Å². The maximum Gasteiger partial charge on any atom is 0.292 e. The van der Waals surface area contributed by atoms with Gasteiger partial charge in [0.05, 0.1) is 10.7 Å². The maximum absolute atomic E-state index is 6.21. The van der Waals surface area contributed by atoms with E-state index in [9.17, 15) is 0 Å². The Morgan fingerprint density at radius 2 is 2.00 bits per heavy atom. The number of fused-ring (bicyclic) bond motifs is 1. The quantitative estimate of drug-likeness (QED) is 0.917. The van der Waals surface area contributed by atoms with Gasteiger partial charge in [0.1, 0.15) is 5.69 Å². The van der Waals surface area contributed by atoms with Crippen molar-refractivity contribution in [2.24, 2.45) is 0 Å². The van der Waals surface area contributed by atoms with Crippen LogP contribution < -0.4 is 19.7 Å². The number of nitrogens with one attached hydrogen (secondary N) is 1. The minimum Gasteiger partial charge on any atom is -0.443 e. The Morgan fingerprint density at radius 3 is 2.74 bits per heavy atom. The molecule has 2 aliphatic rings. The minimum absolute atomic E-state index is 0.592. The summed E-state index contributed by atoms with van der Waals surface area (Å²) in [5, 5.41) is 3.96. The van der Waals surface area contributed by atoms with Gasteiger partial charge >= 0.3 is 0 Å². The van der Waals surface area contributed by atoms with E-state index in [-0.39, 0.29) is 0 Å². The first kappa shape index (κ1) is 14.6. The van der Waals surface area contributed by atoms with E-state index in [2.05, 4.69) is 21.3 Å². The van der Waals surface area contributed by atoms with Gasteiger partial charge in [-0.05, 0) is 24.3 Å². The van der Waals surface area contributed by atoms with Crippen LogP contribution in [0.4, 0.5) is 5.69 Å². The van der Waals surface area contributed by atoms with Crippen molar-refractivity contribution >= 4 is 17.3 Å². The highest BCUT2D eigenvalue weighted by molar-refractivity contribution is 6.30. The molecular weight excluding hydrogens is 314 g/mol. The third-order valence-electron chi connectivity index (χ3n) is 4.21. The van der Waals surface area contributed by atoms with E-state index in [1.54, 1.807) is 12.3 Å². The van der Waals surface area contributed by atoms with Crippen molar-refractivity contribution in [3.8, 4) is 11.5 Å². The summed E-state index contributed by atoms with van der Waals surface area (Å²) in [5.41, 5.74) is 1.77. The number of pyridine rings is 1. The van der Waals surface area contributed by atoms with Gasteiger partial charge in [-0.1, -0.05) is 17.7 Å². The molecule has 0 radical (unpaired) electrons. The maximum atomic E-state index is 6.21. The Balaban J connectivity index is 1.67. The lowest BCUT2D eigenvalue weighted by Gasteiger charge is -2.30. The van der Waals surface area contributed by atoms with Crippen molar-refractivity contribution < 1.29 is 9.47 Å². The third-order valence-corrected chi connectivity index (χ3v) is 4.43. The van der Waals surface area contributed by atoms with Crippen LogP contribution in [0.15, 0.2) is 36.5 Å². The van der Waals surface area contributed by atoms with Crippen LogP contribution in [0.1, 0.15) is 12.6 Å². The summed E-state index contributed by atoms with van der Waals surface area (Å²) in [5.74, 6) is 0.603. The number of hydrogen-bond donors (Lipinski definition) is 1. The smallest absolute Gasteiger partial charge is 0.292 e. The zero-order valence-electron chi connectivity index (χ0n) is 12.9. The topological polar surface area (TPSA) is 46.6 Å². The van der Waals surface area contributed by atoms with Crippen molar-refractivity contribution in [3.63, 3.8) is 0 Å². The van der Waals surface area contributed by atoms with Crippen LogP contribution in [0, 0.1) is 0 Å². The Labute approximate surface area is 140 Å². The second-order valence-corrected chi connectivity index (χ2v) is 6.29. The van der Waals surface area contributed by atoms with E-state index in [1.165, 1.54) is 0 Å². The summed E-state index contributed by atoms with van der Waals surface area (Å²) in [6, 6.07) is 9.64. The fraction of sp³-hybridized carbons (Fsp3) is 0.353. The number of nitrogens with zero attached hydrogens (tertiary/aromatic N) is 2. The molecule has 1 atom stereocenters. The van der Waals surface area contributed by atoms with Crippen LogP contribution in [0.25, 0.3) is 0 Å². The summed E-state index contributed by atoms with van der Waals surface area (Å²) in [6.07, 6.45) is 1.61. The number of benzene rings is 1. The van der Waals surface area contributed by atoms with E-state index in [1.807, 2.05) is 25.1 Å². The van der Waals surface area contributed by atoms with Gasteiger partial charge in [0.2, 0.25) is 0 Å². The highest BCUT2D eigenvalue weighted by atomic mass is 35.5. The Kier molecular flexibility index (Phi) is 3.54. The zero-order chi connectivity index (χ0) is 15.9. The van der Waals surface area contributed by atoms with Crippen LogP contribution in [-0.4, -0.2) is 31.2 Å². The fourth-order valence-corrected chi connectivity index (χ4v) is 3.13. The largest absolute Gasteiger partial charge is 0.443 e. The molecular formula is C17H18ClN3O2. The van der Waals surface area contributed by atoms with Crippen molar-refractivity contribution in [1.82, 2.24) is 10.3 Å². The molecule has 0 saturated carbocycles. The number of ether oxygens (including phenoxy) is 2. The minimum atomic E-state index is -0.933. The predicted octanol–water partition coefficient (Wildman–Crippen LogP) is 2.79. The molecule has 0 bridgehead atoms. The first-order chi connectivity index (χ1) is 11.2. The molecule has 1 aromatic carbocycles. The number of halogens is 1. The Hall–Kier alpha value is -1.98. The highest BCUT2D eigenvalue weighted by Gasteiger charge is 2.41. The second-order valence-electron chi connectivity index (χ2n) is 5.85. The van der Waals surface area contributed by atoms with Crippen molar-refractivity contribution in [2.45, 2.75) is 12.7 Å². The molecule has 0 aliphatic carbocycles. The van der Waals surface area contributed by atoms with Gasteiger partial charge in [0, 0.05) is 39.3 Å². The van der Waals surface area contributed by atoms with Crippen molar-refractivity contribution in [1.29, 1.82) is 0 Å². The van der Waals surface area contributed by atoms with Crippen LogP contribution >= 0.6 is 11.6 Å². The van der Waals surface area contributed by atoms with E-state index < -0.39 is 5.79 Å². The molecule has 0 unspecified atom stereocenters. The molecule has 1 aromatic heterocycles. The molecule has 0 spiro atoms. The van der Waals surface area contributed by atoms with E-state index in [0.29, 0.717) is 10.7 Å². The molecule has 120 valence electrons. The van der Waals surface area contributed by atoms with Crippen LogP contribution in [-0.2, 0) is 5.79 Å². The average Bonchev–Trinajstić information content (AvgIpc) is 2.93. The lowest BCUT2D eigenvalue weighted by Crippen LogP contribution is -2.43. The second kappa shape index (κ2) is 5.58. The molecule has 4 rings (SSSR count). The van der Waals surface area contributed by atoms with Crippen molar-refractivity contribution in [3.05, 3.63) is 47.2 Å². The monoisotopic (exact) mass is 331 g/mol. The highest BCUT2D eigenvalue weighted by Crippen LogP contribution is 2.48. The number of para-hydroxylation sites is 1. The normalized spacial score (nSPS) is 23.1. The van der Waals surface area contributed by atoms with Gasteiger partial charge in [0.25, 0.3) is 5.79 Å². The van der Waals surface area contributed by atoms with E-state index in [4.69, 9.17) is 21.1 Å². The average molecular weight is 332 g/mol. The Bertz CT molecular complexity index is 716. The van der Waals surface area contributed by atoms with Crippen LogP contribution in [0.5, 0.6) is 11.5 Å². The Morgan fingerprint density at radius 1 is 1.17 bits per heavy atom.